The lowest BCUT2D eigenvalue weighted by Gasteiger charge is -2.30. The summed E-state index contributed by atoms with van der Waals surface area (Å²) in [6.45, 7) is 2.26. The summed E-state index contributed by atoms with van der Waals surface area (Å²) in [5.41, 5.74) is 0.351. The standard InChI is InChI=1S/C23H25ClN2O4S/c1-3-21(26(31(2,28)29)19-11-7-10-18(24)16-19)23(27)25-14-15-30-22-13-6-9-17-8-4-5-12-20(17)22/h4-13,16,21H,3,14-15H2,1-2H3,(H,25,27)/t21-/m0/s1. The minimum atomic E-state index is -3.71. The van der Waals surface area contributed by atoms with E-state index in [1.165, 1.54) is 6.07 Å². The van der Waals surface area contributed by atoms with Gasteiger partial charge in [-0.2, -0.15) is 0 Å². The number of nitrogens with zero attached hydrogens (tertiary/aromatic N) is 1. The molecule has 0 bridgehead atoms. The molecule has 1 amide bonds. The molecule has 0 heterocycles. The van der Waals surface area contributed by atoms with Crippen LogP contribution >= 0.6 is 11.6 Å². The molecule has 8 heteroatoms. The minimum Gasteiger partial charge on any atom is -0.491 e. The van der Waals surface area contributed by atoms with Gasteiger partial charge < -0.3 is 10.1 Å². The van der Waals surface area contributed by atoms with Gasteiger partial charge in [0.15, 0.2) is 0 Å². The number of fused-ring (bicyclic) bond motifs is 1. The van der Waals surface area contributed by atoms with E-state index in [1.54, 1.807) is 25.1 Å². The Bertz CT molecular complexity index is 1160. The van der Waals surface area contributed by atoms with Gasteiger partial charge >= 0.3 is 0 Å². The fourth-order valence-corrected chi connectivity index (χ4v) is 4.84. The molecule has 1 atom stereocenters. The van der Waals surface area contributed by atoms with E-state index < -0.39 is 22.0 Å². The number of sulfonamides is 1. The highest BCUT2D eigenvalue weighted by atomic mass is 35.5. The Morgan fingerprint density at radius 3 is 2.52 bits per heavy atom. The average Bonchev–Trinajstić information content (AvgIpc) is 2.74. The first-order valence-electron chi connectivity index (χ1n) is 9.94. The zero-order valence-corrected chi connectivity index (χ0v) is 19.0. The Hall–Kier alpha value is -2.77. The van der Waals surface area contributed by atoms with Gasteiger partial charge in [0, 0.05) is 10.4 Å². The van der Waals surface area contributed by atoms with Gasteiger partial charge in [0.05, 0.1) is 18.5 Å². The number of benzene rings is 3. The molecule has 0 fully saturated rings. The number of halogens is 1. The second-order valence-corrected chi connectivity index (χ2v) is 9.38. The molecule has 0 saturated carbocycles. The molecule has 1 N–H and O–H groups in total. The van der Waals surface area contributed by atoms with Gasteiger partial charge in [0.2, 0.25) is 15.9 Å². The first-order valence-corrected chi connectivity index (χ1v) is 12.2. The molecule has 31 heavy (non-hydrogen) atoms. The molecule has 0 radical (unpaired) electrons. The van der Waals surface area contributed by atoms with Crippen molar-refractivity contribution in [3.63, 3.8) is 0 Å². The second kappa shape index (κ2) is 10.0. The fraction of sp³-hybridized carbons (Fsp3) is 0.261. The van der Waals surface area contributed by atoms with Crippen LogP contribution in [0.1, 0.15) is 13.3 Å². The number of hydrogen-bond acceptors (Lipinski definition) is 4. The normalized spacial score (nSPS) is 12.4. The van der Waals surface area contributed by atoms with Crippen molar-refractivity contribution in [3.05, 3.63) is 71.8 Å². The average molecular weight is 461 g/mol. The summed E-state index contributed by atoms with van der Waals surface area (Å²) in [4.78, 5) is 12.8. The van der Waals surface area contributed by atoms with Crippen molar-refractivity contribution in [2.24, 2.45) is 0 Å². The van der Waals surface area contributed by atoms with E-state index >= 15 is 0 Å². The molecule has 0 aromatic heterocycles. The van der Waals surface area contributed by atoms with Gasteiger partial charge in [0.25, 0.3) is 0 Å². The number of amides is 1. The Balaban J connectivity index is 1.67. The molecule has 3 aromatic carbocycles. The summed E-state index contributed by atoms with van der Waals surface area (Å²) in [6.07, 6.45) is 1.38. The zero-order valence-electron chi connectivity index (χ0n) is 17.4. The lowest BCUT2D eigenvalue weighted by molar-refractivity contribution is -0.122. The lowest BCUT2D eigenvalue weighted by Crippen LogP contribution is -2.50. The van der Waals surface area contributed by atoms with Gasteiger partial charge in [-0.3, -0.25) is 9.10 Å². The first kappa shape index (κ1) is 22.9. The van der Waals surface area contributed by atoms with E-state index in [-0.39, 0.29) is 13.2 Å². The fourth-order valence-electron chi connectivity index (χ4n) is 3.45. The van der Waals surface area contributed by atoms with E-state index in [4.69, 9.17) is 16.3 Å². The van der Waals surface area contributed by atoms with Crippen LogP contribution in [-0.2, 0) is 14.8 Å². The van der Waals surface area contributed by atoms with Crippen molar-refractivity contribution < 1.29 is 17.9 Å². The maximum Gasteiger partial charge on any atom is 0.244 e. The van der Waals surface area contributed by atoms with Crippen LogP contribution in [0.25, 0.3) is 10.8 Å². The quantitative estimate of drug-likeness (QED) is 0.485. The van der Waals surface area contributed by atoms with Crippen LogP contribution in [0.3, 0.4) is 0 Å². The lowest BCUT2D eigenvalue weighted by atomic mass is 10.1. The van der Waals surface area contributed by atoms with Crippen LogP contribution in [0.15, 0.2) is 66.7 Å². The van der Waals surface area contributed by atoms with Crippen molar-refractivity contribution in [1.82, 2.24) is 5.32 Å². The van der Waals surface area contributed by atoms with Crippen molar-refractivity contribution in [2.45, 2.75) is 19.4 Å². The summed E-state index contributed by atoms with van der Waals surface area (Å²) in [5.74, 6) is 0.338. The molecule has 0 aliphatic carbocycles. The van der Waals surface area contributed by atoms with E-state index in [9.17, 15) is 13.2 Å². The van der Waals surface area contributed by atoms with E-state index in [0.717, 1.165) is 27.1 Å². The van der Waals surface area contributed by atoms with E-state index in [1.807, 2.05) is 42.5 Å². The molecule has 0 unspecified atom stereocenters. The topological polar surface area (TPSA) is 75.7 Å². The van der Waals surface area contributed by atoms with Crippen LogP contribution in [0.5, 0.6) is 5.75 Å². The van der Waals surface area contributed by atoms with Crippen molar-refractivity contribution in [3.8, 4) is 5.75 Å². The number of anilines is 1. The number of nitrogens with one attached hydrogen (secondary N) is 1. The third kappa shape index (κ3) is 5.68. The number of rotatable bonds is 9. The minimum absolute atomic E-state index is 0.242. The van der Waals surface area contributed by atoms with E-state index in [0.29, 0.717) is 17.1 Å². The maximum atomic E-state index is 12.8. The van der Waals surface area contributed by atoms with Gasteiger partial charge in [-0.25, -0.2) is 8.42 Å². The number of carbonyl (C=O) groups is 1. The van der Waals surface area contributed by atoms with Crippen LogP contribution in [-0.4, -0.2) is 39.8 Å². The molecular weight excluding hydrogens is 436 g/mol. The second-order valence-electron chi connectivity index (χ2n) is 7.08. The smallest absolute Gasteiger partial charge is 0.244 e. The van der Waals surface area contributed by atoms with Gasteiger partial charge in [0.1, 0.15) is 18.4 Å². The first-order chi connectivity index (χ1) is 14.8. The Morgan fingerprint density at radius 2 is 1.81 bits per heavy atom. The SMILES string of the molecule is CC[C@@H](C(=O)NCCOc1cccc2ccccc12)N(c1cccc(Cl)c1)S(C)(=O)=O. The summed E-state index contributed by atoms with van der Waals surface area (Å²) in [7, 11) is -3.71. The molecule has 6 nitrogen and oxygen atoms in total. The highest BCUT2D eigenvalue weighted by Gasteiger charge is 2.31. The number of hydrogen-bond donors (Lipinski definition) is 1. The summed E-state index contributed by atoms with van der Waals surface area (Å²) in [6, 6.07) is 19.2. The van der Waals surface area contributed by atoms with Crippen molar-refractivity contribution in [2.75, 3.05) is 23.7 Å². The Labute approximate surface area is 187 Å². The molecule has 164 valence electrons. The molecule has 0 saturated heterocycles. The molecule has 0 aliphatic rings. The Morgan fingerprint density at radius 1 is 1.10 bits per heavy atom. The predicted octanol–water partition coefficient (Wildman–Crippen LogP) is 4.23. The number of ether oxygens (including phenoxy) is 1. The summed E-state index contributed by atoms with van der Waals surface area (Å²) in [5, 5.41) is 5.24. The molecule has 0 spiro atoms. The largest absolute Gasteiger partial charge is 0.491 e. The molecule has 3 rings (SSSR count). The molecule has 3 aromatic rings. The highest BCUT2D eigenvalue weighted by molar-refractivity contribution is 7.92. The van der Waals surface area contributed by atoms with Gasteiger partial charge in [-0.1, -0.05) is 61.0 Å². The monoisotopic (exact) mass is 460 g/mol. The summed E-state index contributed by atoms with van der Waals surface area (Å²) < 4.78 is 31.9. The molecule has 0 aliphatic heterocycles. The van der Waals surface area contributed by atoms with Gasteiger partial charge in [-0.05, 0) is 36.1 Å². The van der Waals surface area contributed by atoms with E-state index in [2.05, 4.69) is 5.32 Å². The van der Waals surface area contributed by atoms with Crippen LogP contribution in [0, 0.1) is 0 Å². The van der Waals surface area contributed by atoms with Gasteiger partial charge in [-0.15, -0.1) is 0 Å². The third-order valence-electron chi connectivity index (χ3n) is 4.80. The Kier molecular flexibility index (Phi) is 7.41. The highest BCUT2D eigenvalue weighted by Crippen LogP contribution is 2.26. The van der Waals surface area contributed by atoms with Crippen LogP contribution in [0.4, 0.5) is 5.69 Å². The summed E-state index contributed by atoms with van der Waals surface area (Å²) >= 11 is 6.03. The number of carbonyl (C=O) groups excluding carboxylic acids is 1. The predicted molar refractivity (Wildman–Crippen MR) is 125 cm³/mol. The zero-order chi connectivity index (χ0) is 22.4. The van der Waals surface area contributed by atoms with Crippen LogP contribution in [0.2, 0.25) is 5.02 Å². The van der Waals surface area contributed by atoms with Crippen LogP contribution < -0.4 is 14.4 Å². The third-order valence-corrected chi connectivity index (χ3v) is 6.22. The molecular formula is C23H25ClN2O4S. The van der Waals surface area contributed by atoms with Crippen molar-refractivity contribution >= 4 is 44.0 Å². The maximum absolute atomic E-state index is 12.8. The van der Waals surface area contributed by atoms with Crippen molar-refractivity contribution in [1.29, 1.82) is 0 Å².